The van der Waals surface area contributed by atoms with E-state index >= 15 is 0 Å². The molecule has 5 heteroatoms. The number of aryl methyl sites for hydroxylation is 2. The molecule has 24 heavy (non-hydrogen) atoms. The lowest BCUT2D eigenvalue weighted by atomic mass is 10.0. The van der Waals surface area contributed by atoms with E-state index in [4.69, 9.17) is 0 Å². The molecule has 0 saturated heterocycles. The van der Waals surface area contributed by atoms with Crippen LogP contribution in [0.2, 0.25) is 0 Å². The van der Waals surface area contributed by atoms with Gasteiger partial charge in [0, 0.05) is 25.6 Å². The van der Waals surface area contributed by atoms with Crippen molar-refractivity contribution in [3.05, 3.63) is 58.9 Å². The Kier molecular flexibility index (Phi) is 4.51. The van der Waals surface area contributed by atoms with Crippen LogP contribution < -0.4 is 5.32 Å². The van der Waals surface area contributed by atoms with Crippen molar-refractivity contribution in [1.29, 1.82) is 0 Å². The van der Waals surface area contributed by atoms with Crippen molar-refractivity contribution >= 4 is 22.8 Å². The van der Waals surface area contributed by atoms with E-state index in [2.05, 4.69) is 20.3 Å². The van der Waals surface area contributed by atoms with Crippen molar-refractivity contribution in [3.8, 4) is 0 Å². The van der Waals surface area contributed by atoms with E-state index < -0.39 is 0 Å². The Labute approximate surface area is 141 Å². The molecule has 0 aliphatic heterocycles. The zero-order valence-electron chi connectivity index (χ0n) is 14.1. The minimum Gasteiger partial charge on any atom is -0.372 e. The minimum absolute atomic E-state index is 0.171. The molecule has 0 aliphatic rings. The molecule has 2 aromatic heterocycles. The third-order valence-corrected chi connectivity index (χ3v) is 3.96. The van der Waals surface area contributed by atoms with Crippen LogP contribution in [0.5, 0.6) is 0 Å². The number of carbonyl (C=O) groups is 1. The second-order valence-corrected chi connectivity index (χ2v) is 5.96. The van der Waals surface area contributed by atoms with Crippen molar-refractivity contribution in [1.82, 2.24) is 15.0 Å². The van der Waals surface area contributed by atoms with Crippen molar-refractivity contribution < 1.29 is 4.79 Å². The van der Waals surface area contributed by atoms with Gasteiger partial charge in [0.05, 0.1) is 6.20 Å². The highest BCUT2D eigenvalue weighted by atomic mass is 16.1. The van der Waals surface area contributed by atoms with Gasteiger partial charge in [-0.25, -0.2) is 15.0 Å². The molecule has 0 unspecified atom stereocenters. The van der Waals surface area contributed by atoms with Gasteiger partial charge in [0.2, 0.25) is 0 Å². The summed E-state index contributed by atoms with van der Waals surface area (Å²) >= 11 is 0. The van der Waals surface area contributed by atoms with Gasteiger partial charge in [-0.3, -0.25) is 4.79 Å². The molecule has 0 aliphatic carbocycles. The first-order valence-corrected chi connectivity index (χ1v) is 7.93. The fraction of sp³-hybridized carbons (Fsp3) is 0.263. The molecule has 0 fully saturated rings. The van der Waals surface area contributed by atoms with Crippen LogP contribution in [0, 0.1) is 13.8 Å². The fourth-order valence-electron chi connectivity index (χ4n) is 2.70. The number of benzene rings is 1. The summed E-state index contributed by atoms with van der Waals surface area (Å²) in [5, 5.41) is 2.95. The zero-order valence-corrected chi connectivity index (χ0v) is 14.1. The Bertz CT molecular complexity index is 905. The maximum atomic E-state index is 12.4. The number of hydrogen-bond acceptors (Lipinski definition) is 5. The highest BCUT2D eigenvalue weighted by Gasteiger charge is 2.11. The summed E-state index contributed by atoms with van der Waals surface area (Å²) in [5.41, 5.74) is 5.24. The van der Waals surface area contributed by atoms with Gasteiger partial charge < -0.3 is 5.32 Å². The van der Waals surface area contributed by atoms with Crippen molar-refractivity contribution in [2.24, 2.45) is 0 Å². The molecule has 0 atom stereocenters. The Balaban J connectivity index is 1.81. The lowest BCUT2D eigenvalue weighted by molar-refractivity contribution is -0.117. The summed E-state index contributed by atoms with van der Waals surface area (Å²) < 4.78 is 0. The van der Waals surface area contributed by atoms with E-state index in [9.17, 15) is 4.79 Å². The number of carbonyl (C=O) groups excluding carboxylic acids is 1. The average Bonchev–Trinajstić information content (AvgIpc) is 2.55. The van der Waals surface area contributed by atoms with Crippen LogP contribution in [-0.4, -0.2) is 27.8 Å². The average molecular weight is 320 g/mol. The van der Waals surface area contributed by atoms with Crippen LogP contribution in [0.25, 0.3) is 11.2 Å². The number of hydrogen-bond donors (Lipinski definition) is 1. The first kappa shape index (κ1) is 16.1. The number of aromatic nitrogens is 3. The molecular formula is C19H20N4O. The van der Waals surface area contributed by atoms with Crippen LogP contribution in [0.1, 0.15) is 22.4 Å². The van der Waals surface area contributed by atoms with Crippen LogP contribution in [-0.2, 0) is 17.6 Å². The molecule has 5 nitrogen and oxygen atoms in total. The molecule has 0 saturated carbocycles. The number of fused-ring (bicyclic) bond motifs is 1. The number of anilines is 1. The number of ketones is 1. The SMILES string of the molecule is CNc1cnc2cc(CC(=O)Cc3cccc(C)c3)c(C)nc2n1. The highest BCUT2D eigenvalue weighted by Crippen LogP contribution is 2.16. The normalized spacial score (nSPS) is 10.8. The number of rotatable bonds is 5. The predicted octanol–water partition coefficient (Wildman–Crippen LogP) is 3.04. The standard InChI is InChI=1S/C19H20N4O/c1-12-5-4-6-14(7-12)8-16(24)9-15-10-17-19(22-13(15)2)23-18(20-3)11-21-17/h4-7,10-11H,8-9H2,1-3H3,(H,20,22,23). The molecule has 1 N–H and O–H groups in total. The molecule has 3 aromatic rings. The van der Waals surface area contributed by atoms with E-state index in [1.54, 1.807) is 13.2 Å². The first-order chi connectivity index (χ1) is 11.5. The lowest BCUT2D eigenvalue weighted by Gasteiger charge is -2.08. The van der Waals surface area contributed by atoms with Crippen molar-refractivity contribution in [2.75, 3.05) is 12.4 Å². The summed E-state index contributed by atoms with van der Waals surface area (Å²) in [6, 6.07) is 9.97. The minimum atomic E-state index is 0.171. The molecule has 2 heterocycles. The largest absolute Gasteiger partial charge is 0.372 e. The van der Waals surface area contributed by atoms with Crippen LogP contribution >= 0.6 is 0 Å². The number of nitrogens with zero attached hydrogens (tertiary/aromatic N) is 3. The van der Waals surface area contributed by atoms with E-state index in [0.29, 0.717) is 29.8 Å². The third-order valence-electron chi connectivity index (χ3n) is 3.96. The summed E-state index contributed by atoms with van der Waals surface area (Å²) in [5.74, 6) is 0.849. The van der Waals surface area contributed by atoms with E-state index in [-0.39, 0.29) is 5.78 Å². The van der Waals surface area contributed by atoms with E-state index in [0.717, 1.165) is 16.8 Å². The lowest BCUT2D eigenvalue weighted by Crippen LogP contribution is -2.09. The van der Waals surface area contributed by atoms with Gasteiger partial charge in [0.25, 0.3) is 0 Å². The van der Waals surface area contributed by atoms with Crippen LogP contribution in [0.3, 0.4) is 0 Å². The Morgan fingerprint density at radius 3 is 2.71 bits per heavy atom. The second kappa shape index (κ2) is 6.74. The summed E-state index contributed by atoms with van der Waals surface area (Å²) in [6.07, 6.45) is 2.46. The summed E-state index contributed by atoms with van der Waals surface area (Å²) in [4.78, 5) is 25.6. The van der Waals surface area contributed by atoms with Gasteiger partial charge in [0.1, 0.15) is 17.1 Å². The Morgan fingerprint density at radius 2 is 1.96 bits per heavy atom. The van der Waals surface area contributed by atoms with Crippen molar-refractivity contribution in [3.63, 3.8) is 0 Å². The summed E-state index contributed by atoms with van der Waals surface area (Å²) in [7, 11) is 1.79. The highest BCUT2D eigenvalue weighted by molar-refractivity contribution is 5.84. The smallest absolute Gasteiger partial charge is 0.180 e. The van der Waals surface area contributed by atoms with E-state index in [1.807, 2.05) is 44.2 Å². The molecule has 0 spiro atoms. The van der Waals surface area contributed by atoms with Crippen LogP contribution in [0.15, 0.2) is 36.5 Å². The van der Waals surface area contributed by atoms with Crippen molar-refractivity contribution in [2.45, 2.75) is 26.7 Å². The Morgan fingerprint density at radius 1 is 1.12 bits per heavy atom. The van der Waals surface area contributed by atoms with Gasteiger partial charge in [-0.05, 0) is 31.0 Å². The van der Waals surface area contributed by atoms with E-state index in [1.165, 1.54) is 5.56 Å². The van der Waals surface area contributed by atoms with Gasteiger partial charge in [-0.2, -0.15) is 0 Å². The molecule has 0 radical (unpaired) electrons. The maximum Gasteiger partial charge on any atom is 0.180 e. The first-order valence-electron chi connectivity index (χ1n) is 7.93. The fourth-order valence-corrected chi connectivity index (χ4v) is 2.70. The van der Waals surface area contributed by atoms with Gasteiger partial charge >= 0.3 is 0 Å². The predicted molar refractivity (Wildman–Crippen MR) is 95.2 cm³/mol. The van der Waals surface area contributed by atoms with Crippen LogP contribution in [0.4, 0.5) is 5.82 Å². The van der Waals surface area contributed by atoms with Gasteiger partial charge in [-0.15, -0.1) is 0 Å². The molecule has 0 amide bonds. The topological polar surface area (TPSA) is 67.8 Å². The molecule has 1 aromatic carbocycles. The second-order valence-electron chi connectivity index (χ2n) is 5.96. The number of nitrogens with one attached hydrogen (secondary N) is 1. The number of Topliss-reactive ketones (excluding diaryl/α,β-unsaturated/α-hetero) is 1. The molecule has 122 valence electrons. The maximum absolute atomic E-state index is 12.4. The monoisotopic (exact) mass is 320 g/mol. The quantitative estimate of drug-likeness (QED) is 0.782. The Hall–Kier alpha value is -2.82. The molecule has 0 bridgehead atoms. The zero-order chi connectivity index (χ0) is 17.1. The van der Waals surface area contributed by atoms with Gasteiger partial charge in [-0.1, -0.05) is 29.8 Å². The molecular weight excluding hydrogens is 300 g/mol. The molecule has 3 rings (SSSR count). The third kappa shape index (κ3) is 3.56. The number of pyridine rings is 1. The van der Waals surface area contributed by atoms with Gasteiger partial charge in [0.15, 0.2) is 5.65 Å². The summed E-state index contributed by atoms with van der Waals surface area (Å²) in [6.45, 7) is 3.94.